The van der Waals surface area contributed by atoms with Gasteiger partial charge in [0, 0.05) is 16.8 Å². The highest BCUT2D eigenvalue weighted by molar-refractivity contribution is 6.30. The summed E-state index contributed by atoms with van der Waals surface area (Å²) in [7, 11) is 0. The number of aryl methyl sites for hydroxylation is 1. The van der Waals surface area contributed by atoms with Gasteiger partial charge in [0.15, 0.2) is 0 Å². The van der Waals surface area contributed by atoms with E-state index in [1.807, 2.05) is 19.9 Å². The quantitative estimate of drug-likeness (QED) is 0.750. The molecule has 1 N–H and O–H groups in total. The molecule has 0 aliphatic rings. The summed E-state index contributed by atoms with van der Waals surface area (Å²) in [6.07, 6.45) is -4.33. The van der Waals surface area contributed by atoms with Crippen LogP contribution in [0.5, 0.6) is 0 Å². The molecule has 0 saturated carbocycles. The second-order valence-electron chi connectivity index (χ2n) is 4.95. The Hall–Kier alpha value is -1.68. The molecule has 0 aliphatic heterocycles. The number of benzene rings is 2. The second-order valence-corrected chi connectivity index (χ2v) is 5.38. The number of nitrogens with one attached hydrogen (secondary N) is 1. The van der Waals surface area contributed by atoms with Gasteiger partial charge in [-0.15, -0.1) is 0 Å². The summed E-state index contributed by atoms with van der Waals surface area (Å²) in [5.74, 6) is 0. The minimum absolute atomic E-state index is 0.260. The summed E-state index contributed by atoms with van der Waals surface area (Å²) >= 11 is 5.94. The molecule has 1 atom stereocenters. The molecule has 1 nitrogen and oxygen atoms in total. The number of hydrogen-bond acceptors (Lipinski definition) is 1. The third-order valence-electron chi connectivity index (χ3n) is 3.29. The van der Waals surface area contributed by atoms with E-state index >= 15 is 0 Å². The molecule has 0 aromatic heterocycles. The van der Waals surface area contributed by atoms with Crippen molar-refractivity contribution in [1.82, 2.24) is 0 Å². The van der Waals surface area contributed by atoms with Crippen LogP contribution >= 0.6 is 11.6 Å². The fourth-order valence-corrected chi connectivity index (χ4v) is 2.22. The summed E-state index contributed by atoms with van der Waals surface area (Å²) < 4.78 is 38.2. The molecule has 0 aliphatic carbocycles. The van der Waals surface area contributed by atoms with Crippen molar-refractivity contribution in [1.29, 1.82) is 0 Å². The molecule has 21 heavy (non-hydrogen) atoms. The van der Waals surface area contributed by atoms with Crippen molar-refractivity contribution >= 4 is 17.3 Å². The van der Waals surface area contributed by atoms with Gasteiger partial charge in [0.1, 0.15) is 0 Å². The molecule has 0 heterocycles. The normalized spacial score (nSPS) is 13.0. The Bertz CT molecular complexity index is 638. The van der Waals surface area contributed by atoms with Crippen molar-refractivity contribution in [2.24, 2.45) is 0 Å². The van der Waals surface area contributed by atoms with Crippen LogP contribution in [0.25, 0.3) is 0 Å². The van der Waals surface area contributed by atoms with Crippen LogP contribution in [0.2, 0.25) is 5.02 Å². The van der Waals surface area contributed by atoms with E-state index in [4.69, 9.17) is 11.6 Å². The number of anilines is 1. The monoisotopic (exact) mass is 313 g/mol. The number of alkyl halides is 3. The largest absolute Gasteiger partial charge is 0.416 e. The minimum atomic E-state index is -4.33. The number of rotatable bonds is 3. The average Bonchev–Trinajstić information content (AvgIpc) is 2.42. The standard InChI is InChI=1S/C16H15ClF3N/c1-10-6-7-14(17)9-15(10)21-11(2)12-4-3-5-13(8-12)16(18,19)20/h3-9,11,21H,1-2H3. The van der Waals surface area contributed by atoms with E-state index in [2.05, 4.69) is 5.32 Å². The molecular weight excluding hydrogens is 299 g/mol. The Labute approximate surface area is 126 Å². The Morgan fingerprint density at radius 2 is 1.81 bits per heavy atom. The van der Waals surface area contributed by atoms with Crippen LogP contribution in [-0.4, -0.2) is 0 Å². The Balaban J connectivity index is 2.24. The highest BCUT2D eigenvalue weighted by Crippen LogP contribution is 2.32. The predicted octanol–water partition coefficient (Wildman–Crippen LogP) is 5.84. The summed E-state index contributed by atoms with van der Waals surface area (Å²) in [4.78, 5) is 0. The molecule has 0 spiro atoms. The van der Waals surface area contributed by atoms with Gasteiger partial charge in [-0.05, 0) is 49.2 Å². The molecule has 5 heteroatoms. The Kier molecular flexibility index (Phi) is 4.47. The fourth-order valence-electron chi connectivity index (χ4n) is 2.05. The van der Waals surface area contributed by atoms with Crippen molar-refractivity contribution in [3.8, 4) is 0 Å². The minimum Gasteiger partial charge on any atom is -0.378 e. The van der Waals surface area contributed by atoms with Gasteiger partial charge in [-0.25, -0.2) is 0 Å². The number of halogens is 4. The van der Waals surface area contributed by atoms with Crippen LogP contribution in [0.4, 0.5) is 18.9 Å². The average molecular weight is 314 g/mol. The molecule has 0 radical (unpaired) electrons. The van der Waals surface area contributed by atoms with Crippen LogP contribution in [0, 0.1) is 6.92 Å². The van der Waals surface area contributed by atoms with Crippen molar-refractivity contribution in [2.75, 3.05) is 5.32 Å². The molecule has 0 amide bonds. The summed E-state index contributed by atoms with van der Waals surface area (Å²) in [6, 6.07) is 10.5. The maximum Gasteiger partial charge on any atom is 0.416 e. The van der Waals surface area contributed by atoms with Crippen LogP contribution < -0.4 is 5.32 Å². The zero-order valence-corrected chi connectivity index (χ0v) is 12.4. The maximum atomic E-state index is 12.7. The first-order chi connectivity index (χ1) is 9.77. The predicted molar refractivity (Wildman–Crippen MR) is 79.7 cm³/mol. The first-order valence-corrected chi connectivity index (χ1v) is 6.85. The molecule has 2 rings (SSSR count). The van der Waals surface area contributed by atoms with Crippen molar-refractivity contribution in [3.63, 3.8) is 0 Å². The molecule has 112 valence electrons. The van der Waals surface area contributed by atoms with Crippen molar-refractivity contribution in [3.05, 3.63) is 64.2 Å². The van der Waals surface area contributed by atoms with Crippen LogP contribution in [0.1, 0.15) is 29.7 Å². The van der Waals surface area contributed by atoms with Crippen molar-refractivity contribution < 1.29 is 13.2 Å². The van der Waals surface area contributed by atoms with Gasteiger partial charge in [0.25, 0.3) is 0 Å². The lowest BCUT2D eigenvalue weighted by Gasteiger charge is -2.19. The van der Waals surface area contributed by atoms with E-state index in [-0.39, 0.29) is 6.04 Å². The fraction of sp³-hybridized carbons (Fsp3) is 0.250. The second kappa shape index (κ2) is 5.98. The van der Waals surface area contributed by atoms with Crippen molar-refractivity contribution in [2.45, 2.75) is 26.1 Å². The molecular formula is C16H15ClF3N. The van der Waals surface area contributed by atoms with E-state index < -0.39 is 11.7 Å². The van der Waals surface area contributed by atoms with Gasteiger partial charge in [-0.3, -0.25) is 0 Å². The smallest absolute Gasteiger partial charge is 0.378 e. The summed E-state index contributed by atoms with van der Waals surface area (Å²) in [5, 5.41) is 3.78. The summed E-state index contributed by atoms with van der Waals surface area (Å²) in [5.41, 5.74) is 1.73. The van der Waals surface area contributed by atoms with Crippen LogP contribution in [-0.2, 0) is 6.18 Å². The molecule has 2 aromatic rings. The van der Waals surface area contributed by atoms with E-state index in [1.165, 1.54) is 6.07 Å². The van der Waals surface area contributed by atoms with Gasteiger partial charge in [-0.2, -0.15) is 13.2 Å². The van der Waals surface area contributed by atoms with E-state index in [1.54, 1.807) is 18.2 Å². The zero-order valence-electron chi connectivity index (χ0n) is 11.6. The van der Waals surface area contributed by atoms with Crippen LogP contribution in [0.3, 0.4) is 0 Å². The Morgan fingerprint density at radius 3 is 2.48 bits per heavy atom. The molecule has 0 bridgehead atoms. The lowest BCUT2D eigenvalue weighted by Crippen LogP contribution is -2.10. The SMILES string of the molecule is Cc1ccc(Cl)cc1NC(C)c1cccc(C(F)(F)F)c1. The zero-order chi connectivity index (χ0) is 15.6. The Morgan fingerprint density at radius 1 is 1.10 bits per heavy atom. The highest BCUT2D eigenvalue weighted by atomic mass is 35.5. The van der Waals surface area contributed by atoms with Gasteiger partial charge in [0.05, 0.1) is 5.56 Å². The first kappa shape index (κ1) is 15.7. The van der Waals surface area contributed by atoms with Gasteiger partial charge in [-0.1, -0.05) is 29.8 Å². The highest BCUT2D eigenvalue weighted by Gasteiger charge is 2.30. The van der Waals surface area contributed by atoms with Gasteiger partial charge in [0.2, 0.25) is 0 Å². The lowest BCUT2D eigenvalue weighted by atomic mass is 10.0. The van der Waals surface area contributed by atoms with Gasteiger partial charge >= 0.3 is 6.18 Å². The molecule has 0 fully saturated rings. The van der Waals surface area contributed by atoms with Gasteiger partial charge < -0.3 is 5.32 Å². The van der Waals surface area contributed by atoms with E-state index in [0.29, 0.717) is 10.6 Å². The number of hydrogen-bond donors (Lipinski definition) is 1. The maximum absolute atomic E-state index is 12.7. The topological polar surface area (TPSA) is 12.0 Å². The lowest BCUT2D eigenvalue weighted by molar-refractivity contribution is -0.137. The molecule has 0 saturated heterocycles. The summed E-state index contributed by atoms with van der Waals surface area (Å²) in [6.45, 7) is 3.73. The third kappa shape index (κ3) is 3.91. The van der Waals surface area contributed by atoms with Crippen LogP contribution in [0.15, 0.2) is 42.5 Å². The van der Waals surface area contributed by atoms with E-state index in [9.17, 15) is 13.2 Å². The first-order valence-electron chi connectivity index (χ1n) is 6.47. The van der Waals surface area contributed by atoms with E-state index in [0.717, 1.165) is 23.4 Å². The third-order valence-corrected chi connectivity index (χ3v) is 3.52. The molecule has 1 unspecified atom stereocenters. The molecule has 2 aromatic carbocycles.